The molecule has 0 saturated carbocycles. The highest BCUT2D eigenvalue weighted by molar-refractivity contribution is 5.97. The van der Waals surface area contributed by atoms with Crippen LogP contribution in [0.2, 0.25) is 0 Å². The average molecular weight is 277 g/mol. The third-order valence-electron chi connectivity index (χ3n) is 3.94. The minimum atomic E-state index is -0.585. The van der Waals surface area contributed by atoms with Crippen molar-refractivity contribution in [3.63, 3.8) is 0 Å². The number of carbonyl (C=O) groups excluding carboxylic acids is 1. The standard InChI is InChI=1S/C16H23NO3/c1-16(19)8-3-10-17(11-9-16)12-15(18)13-4-6-14(20-2)7-5-13/h4-7,19H,3,8-12H2,1-2H3. The third kappa shape index (κ3) is 4.05. The van der Waals surface area contributed by atoms with Crippen molar-refractivity contribution in [1.82, 2.24) is 4.90 Å². The Morgan fingerprint density at radius 3 is 2.65 bits per heavy atom. The first-order valence-corrected chi connectivity index (χ1v) is 7.12. The van der Waals surface area contributed by atoms with E-state index < -0.39 is 5.60 Å². The van der Waals surface area contributed by atoms with Crippen molar-refractivity contribution < 1.29 is 14.6 Å². The zero-order valence-electron chi connectivity index (χ0n) is 12.3. The summed E-state index contributed by atoms with van der Waals surface area (Å²) in [6.07, 6.45) is 2.46. The van der Waals surface area contributed by atoms with Crippen LogP contribution in [0.25, 0.3) is 0 Å². The van der Waals surface area contributed by atoms with Crippen LogP contribution in [0.15, 0.2) is 24.3 Å². The summed E-state index contributed by atoms with van der Waals surface area (Å²) >= 11 is 0. The number of ether oxygens (including phenoxy) is 1. The fourth-order valence-electron chi connectivity index (χ4n) is 2.55. The predicted octanol–water partition coefficient (Wildman–Crippen LogP) is 2.11. The third-order valence-corrected chi connectivity index (χ3v) is 3.94. The normalized spacial score (nSPS) is 24.1. The van der Waals surface area contributed by atoms with Gasteiger partial charge in [-0.3, -0.25) is 9.69 Å². The highest BCUT2D eigenvalue weighted by Gasteiger charge is 2.25. The maximum Gasteiger partial charge on any atom is 0.176 e. The van der Waals surface area contributed by atoms with Crippen LogP contribution >= 0.6 is 0 Å². The van der Waals surface area contributed by atoms with Crippen molar-refractivity contribution in [3.05, 3.63) is 29.8 Å². The van der Waals surface area contributed by atoms with Gasteiger partial charge in [0.05, 0.1) is 19.3 Å². The molecule has 0 aliphatic carbocycles. The second-order valence-corrected chi connectivity index (χ2v) is 5.78. The van der Waals surface area contributed by atoms with Crippen molar-refractivity contribution in [1.29, 1.82) is 0 Å². The van der Waals surface area contributed by atoms with Gasteiger partial charge in [-0.05, 0) is 57.0 Å². The number of hydrogen-bond acceptors (Lipinski definition) is 4. The van der Waals surface area contributed by atoms with Gasteiger partial charge in [0.1, 0.15) is 5.75 Å². The average Bonchev–Trinajstić information content (AvgIpc) is 2.60. The zero-order chi connectivity index (χ0) is 14.6. The minimum Gasteiger partial charge on any atom is -0.497 e. The van der Waals surface area contributed by atoms with Gasteiger partial charge in [0.15, 0.2) is 5.78 Å². The highest BCUT2D eigenvalue weighted by atomic mass is 16.5. The molecule has 4 heteroatoms. The quantitative estimate of drug-likeness (QED) is 0.856. The number of nitrogens with zero attached hydrogens (tertiary/aromatic N) is 1. The van der Waals surface area contributed by atoms with E-state index in [0.29, 0.717) is 12.1 Å². The lowest BCUT2D eigenvalue weighted by Crippen LogP contribution is -2.32. The first kappa shape index (κ1) is 15.0. The van der Waals surface area contributed by atoms with Crippen LogP contribution in [0.5, 0.6) is 5.75 Å². The molecule has 1 heterocycles. The Labute approximate surface area is 120 Å². The second kappa shape index (κ2) is 6.37. The van der Waals surface area contributed by atoms with E-state index in [4.69, 9.17) is 4.74 Å². The Bertz CT molecular complexity index is 453. The molecular formula is C16H23NO3. The molecule has 1 aliphatic heterocycles. The lowest BCUT2D eigenvalue weighted by molar-refractivity contribution is 0.0444. The van der Waals surface area contributed by atoms with Gasteiger partial charge in [-0.1, -0.05) is 0 Å². The van der Waals surface area contributed by atoms with Gasteiger partial charge in [0, 0.05) is 12.1 Å². The molecule has 1 N–H and O–H groups in total. The Kier molecular flexibility index (Phi) is 4.78. The SMILES string of the molecule is COc1ccc(C(=O)CN2CCCC(C)(O)CC2)cc1. The summed E-state index contributed by atoms with van der Waals surface area (Å²) in [4.78, 5) is 14.4. The number of ketones is 1. The monoisotopic (exact) mass is 277 g/mol. The van der Waals surface area contributed by atoms with Gasteiger partial charge in [-0.15, -0.1) is 0 Å². The molecule has 110 valence electrons. The topological polar surface area (TPSA) is 49.8 Å². The van der Waals surface area contributed by atoms with Crippen LogP contribution in [-0.4, -0.2) is 48.1 Å². The molecule has 1 aliphatic rings. The van der Waals surface area contributed by atoms with Crippen LogP contribution in [0, 0.1) is 0 Å². The van der Waals surface area contributed by atoms with E-state index in [2.05, 4.69) is 4.90 Å². The maximum absolute atomic E-state index is 12.2. The van der Waals surface area contributed by atoms with Gasteiger partial charge in [-0.2, -0.15) is 0 Å². The Morgan fingerprint density at radius 2 is 2.00 bits per heavy atom. The summed E-state index contributed by atoms with van der Waals surface area (Å²) < 4.78 is 5.09. The van der Waals surface area contributed by atoms with E-state index in [9.17, 15) is 9.90 Å². The molecule has 0 amide bonds. The zero-order valence-corrected chi connectivity index (χ0v) is 12.3. The molecule has 1 fully saturated rings. The molecule has 1 saturated heterocycles. The molecule has 1 atom stereocenters. The largest absolute Gasteiger partial charge is 0.497 e. The minimum absolute atomic E-state index is 0.120. The van der Waals surface area contributed by atoms with Crippen LogP contribution < -0.4 is 4.74 Å². The van der Waals surface area contributed by atoms with Gasteiger partial charge >= 0.3 is 0 Å². The summed E-state index contributed by atoms with van der Waals surface area (Å²) in [5.41, 5.74) is 0.125. The number of carbonyl (C=O) groups is 1. The molecule has 1 unspecified atom stereocenters. The number of rotatable bonds is 4. The van der Waals surface area contributed by atoms with E-state index in [1.807, 2.05) is 6.92 Å². The van der Waals surface area contributed by atoms with Gasteiger partial charge in [0.2, 0.25) is 0 Å². The first-order valence-electron chi connectivity index (χ1n) is 7.12. The Hall–Kier alpha value is -1.39. The second-order valence-electron chi connectivity index (χ2n) is 5.78. The number of benzene rings is 1. The highest BCUT2D eigenvalue weighted by Crippen LogP contribution is 2.21. The van der Waals surface area contributed by atoms with Crippen molar-refractivity contribution in [2.45, 2.75) is 31.8 Å². The molecular weight excluding hydrogens is 254 g/mol. The van der Waals surface area contributed by atoms with Crippen molar-refractivity contribution in [3.8, 4) is 5.75 Å². The lowest BCUT2D eigenvalue weighted by Gasteiger charge is -2.21. The molecule has 0 radical (unpaired) electrons. The predicted molar refractivity (Wildman–Crippen MR) is 78.2 cm³/mol. The molecule has 1 aromatic carbocycles. The van der Waals surface area contributed by atoms with E-state index in [0.717, 1.165) is 38.1 Å². The van der Waals surface area contributed by atoms with Gasteiger partial charge in [-0.25, -0.2) is 0 Å². The van der Waals surface area contributed by atoms with Crippen LogP contribution in [0.1, 0.15) is 36.5 Å². The molecule has 0 spiro atoms. The van der Waals surface area contributed by atoms with E-state index >= 15 is 0 Å². The molecule has 0 bridgehead atoms. The number of hydrogen-bond donors (Lipinski definition) is 1. The number of likely N-dealkylation sites (tertiary alicyclic amines) is 1. The maximum atomic E-state index is 12.2. The van der Waals surface area contributed by atoms with E-state index in [-0.39, 0.29) is 5.78 Å². The molecule has 20 heavy (non-hydrogen) atoms. The van der Waals surface area contributed by atoms with Gasteiger partial charge < -0.3 is 9.84 Å². The number of aliphatic hydroxyl groups is 1. The molecule has 2 rings (SSSR count). The Morgan fingerprint density at radius 1 is 1.30 bits per heavy atom. The van der Waals surface area contributed by atoms with Crippen LogP contribution in [0.3, 0.4) is 0 Å². The number of Topliss-reactive ketones (excluding diaryl/α,β-unsaturated/α-hetero) is 1. The van der Waals surface area contributed by atoms with Crippen molar-refractivity contribution >= 4 is 5.78 Å². The first-order chi connectivity index (χ1) is 9.50. The van der Waals surface area contributed by atoms with Crippen LogP contribution in [-0.2, 0) is 0 Å². The van der Waals surface area contributed by atoms with Crippen LogP contribution in [0.4, 0.5) is 0 Å². The summed E-state index contributed by atoms with van der Waals surface area (Å²) in [5.74, 6) is 0.876. The molecule has 1 aromatic rings. The summed E-state index contributed by atoms with van der Waals surface area (Å²) in [5, 5.41) is 10.1. The fraction of sp³-hybridized carbons (Fsp3) is 0.562. The molecule has 0 aromatic heterocycles. The molecule has 4 nitrogen and oxygen atoms in total. The van der Waals surface area contributed by atoms with Gasteiger partial charge in [0.25, 0.3) is 0 Å². The van der Waals surface area contributed by atoms with Crippen molar-refractivity contribution in [2.24, 2.45) is 0 Å². The fourth-order valence-corrected chi connectivity index (χ4v) is 2.55. The summed E-state index contributed by atoms with van der Waals surface area (Å²) in [7, 11) is 1.61. The summed E-state index contributed by atoms with van der Waals surface area (Å²) in [6.45, 7) is 3.94. The smallest absolute Gasteiger partial charge is 0.176 e. The van der Waals surface area contributed by atoms with E-state index in [1.165, 1.54) is 0 Å². The van der Waals surface area contributed by atoms with Crippen molar-refractivity contribution in [2.75, 3.05) is 26.7 Å². The summed E-state index contributed by atoms with van der Waals surface area (Å²) in [6, 6.07) is 7.21. The number of methoxy groups -OCH3 is 1. The Balaban J connectivity index is 1.93. The lowest BCUT2D eigenvalue weighted by atomic mass is 9.98. The van der Waals surface area contributed by atoms with E-state index in [1.54, 1.807) is 31.4 Å².